The molecule has 1 amide bonds. The molecule has 2 aromatic carbocycles. The fourth-order valence-corrected chi connectivity index (χ4v) is 2.61. The van der Waals surface area contributed by atoms with Crippen LogP contribution in [-0.2, 0) is 0 Å². The van der Waals surface area contributed by atoms with Gasteiger partial charge in [0.1, 0.15) is 0 Å². The number of carboxylic acids is 1. The number of aromatic carboxylic acids is 1. The van der Waals surface area contributed by atoms with Crippen molar-refractivity contribution in [3.05, 3.63) is 63.1 Å². The van der Waals surface area contributed by atoms with Crippen LogP contribution in [0.15, 0.2) is 40.9 Å². The fraction of sp³-hybridized carbons (Fsp3) is 0.125. The molecule has 0 bridgehead atoms. The van der Waals surface area contributed by atoms with Crippen LogP contribution in [0.3, 0.4) is 0 Å². The van der Waals surface area contributed by atoms with Crippen LogP contribution in [0, 0.1) is 13.8 Å². The van der Waals surface area contributed by atoms with E-state index in [4.69, 9.17) is 5.11 Å². The van der Waals surface area contributed by atoms with E-state index in [1.54, 1.807) is 25.1 Å². The lowest BCUT2D eigenvalue weighted by atomic mass is 10.1. The molecule has 0 atom stereocenters. The number of nitrogens with one attached hydrogen (secondary N) is 1. The van der Waals surface area contributed by atoms with Gasteiger partial charge in [-0.15, -0.1) is 0 Å². The molecule has 0 fully saturated rings. The van der Waals surface area contributed by atoms with Crippen molar-refractivity contribution in [1.82, 2.24) is 0 Å². The molecule has 2 N–H and O–H groups in total. The van der Waals surface area contributed by atoms with Gasteiger partial charge in [-0.3, -0.25) is 4.79 Å². The van der Waals surface area contributed by atoms with Gasteiger partial charge in [0, 0.05) is 10.2 Å². The van der Waals surface area contributed by atoms with Gasteiger partial charge >= 0.3 is 5.97 Å². The number of hydrogen-bond donors (Lipinski definition) is 2. The first-order valence-corrected chi connectivity index (χ1v) is 7.09. The fourth-order valence-electron chi connectivity index (χ4n) is 1.93. The zero-order valence-corrected chi connectivity index (χ0v) is 13.2. The zero-order valence-electron chi connectivity index (χ0n) is 11.6. The normalized spacial score (nSPS) is 10.2. The second-order valence-electron chi connectivity index (χ2n) is 4.77. The van der Waals surface area contributed by atoms with Crippen molar-refractivity contribution >= 4 is 33.5 Å². The average Bonchev–Trinajstić information content (AvgIpc) is 2.40. The predicted molar refractivity (Wildman–Crippen MR) is 85.0 cm³/mol. The number of benzene rings is 2. The van der Waals surface area contributed by atoms with Gasteiger partial charge in [0.05, 0.1) is 11.1 Å². The van der Waals surface area contributed by atoms with Crippen LogP contribution in [0.25, 0.3) is 0 Å². The van der Waals surface area contributed by atoms with Crippen molar-refractivity contribution in [3.8, 4) is 0 Å². The van der Waals surface area contributed by atoms with E-state index < -0.39 is 5.97 Å². The number of amides is 1. The first kappa shape index (κ1) is 15.3. The van der Waals surface area contributed by atoms with Crippen molar-refractivity contribution in [2.75, 3.05) is 5.32 Å². The minimum absolute atomic E-state index is 0.177. The number of carbonyl (C=O) groups excluding carboxylic acids is 1. The smallest absolute Gasteiger partial charge is 0.336 e. The second kappa shape index (κ2) is 6.10. The van der Waals surface area contributed by atoms with Gasteiger partial charge in [-0.2, -0.15) is 0 Å². The second-order valence-corrected chi connectivity index (χ2v) is 5.63. The molecule has 0 radical (unpaired) electrons. The number of halogens is 1. The summed E-state index contributed by atoms with van der Waals surface area (Å²) < 4.78 is 0.700. The summed E-state index contributed by atoms with van der Waals surface area (Å²) in [7, 11) is 0. The summed E-state index contributed by atoms with van der Waals surface area (Å²) in [5.41, 5.74) is 2.82. The van der Waals surface area contributed by atoms with Gasteiger partial charge in [0.25, 0.3) is 5.91 Å². The van der Waals surface area contributed by atoms with Gasteiger partial charge in [0.15, 0.2) is 0 Å². The molecule has 0 saturated carbocycles. The largest absolute Gasteiger partial charge is 0.478 e. The number of anilines is 1. The molecule has 21 heavy (non-hydrogen) atoms. The molecule has 0 aliphatic heterocycles. The molecule has 0 aliphatic carbocycles. The van der Waals surface area contributed by atoms with Crippen LogP contribution in [-0.4, -0.2) is 17.0 Å². The lowest BCUT2D eigenvalue weighted by Gasteiger charge is -2.09. The highest BCUT2D eigenvalue weighted by Gasteiger charge is 2.12. The Balaban J connectivity index is 2.27. The van der Waals surface area contributed by atoms with Gasteiger partial charge < -0.3 is 10.4 Å². The molecule has 2 rings (SSSR count). The van der Waals surface area contributed by atoms with E-state index in [-0.39, 0.29) is 11.5 Å². The molecular weight excluding hydrogens is 334 g/mol. The van der Waals surface area contributed by atoms with Gasteiger partial charge in [0.2, 0.25) is 0 Å². The lowest BCUT2D eigenvalue weighted by molar-refractivity contribution is 0.0695. The Kier molecular flexibility index (Phi) is 4.43. The zero-order chi connectivity index (χ0) is 15.6. The number of carboxylic acid groups (broad SMARTS) is 1. The summed E-state index contributed by atoms with van der Waals surface area (Å²) in [4.78, 5) is 23.3. The monoisotopic (exact) mass is 347 g/mol. The van der Waals surface area contributed by atoms with Crippen LogP contribution >= 0.6 is 15.9 Å². The summed E-state index contributed by atoms with van der Waals surface area (Å²) in [6, 6.07) is 10.2. The topological polar surface area (TPSA) is 66.4 Å². The maximum absolute atomic E-state index is 12.2. The van der Waals surface area contributed by atoms with E-state index in [2.05, 4.69) is 21.2 Å². The van der Waals surface area contributed by atoms with Crippen molar-refractivity contribution in [3.63, 3.8) is 0 Å². The molecule has 0 saturated heterocycles. The minimum atomic E-state index is -1.01. The number of aryl methyl sites for hydroxylation is 2. The van der Waals surface area contributed by atoms with Crippen molar-refractivity contribution in [1.29, 1.82) is 0 Å². The van der Waals surface area contributed by atoms with Crippen LogP contribution in [0.2, 0.25) is 0 Å². The summed E-state index contributed by atoms with van der Waals surface area (Å²) in [6.45, 7) is 3.65. The molecule has 0 spiro atoms. The molecule has 0 unspecified atom stereocenters. The van der Waals surface area contributed by atoms with Gasteiger partial charge in [-0.05, 0) is 65.2 Å². The Morgan fingerprint density at radius 1 is 1.05 bits per heavy atom. The third-order valence-corrected chi connectivity index (χ3v) is 3.75. The highest BCUT2D eigenvalue weighted by Crippen LogP contribution is 2.21. The number of carbonyl (C=O) groups is 2. The maximum Gasteiger partial charge on any atom is 0.336 e. The summed E-state index contributed by atoms with van der Waals surface area (Å²) in [5.74, 6) is -1.30. The molecule has 2 aromatic rings. The Morgan fingerprint density at radius 2 is 1.76 bits per heavy atom. The van der Waals surface area contributed by atoms with E-state index in [1.807, 2.05) is 19.1 Å². The van der Waals surface area contributed by atoms with Crippen molar-refractivity contribution in [2.24, 2.45) is 0 Å². The maximum atomic E-state index is 12.2. The van der Waals surface area contributed by atoms with Crippen LogP contribution < -0.4 is 5.32 Å². The Bertz CT molecular complexity index is 725. The molecule has 108 valence electrons. The quantitative estimate of drug-likeness (QED) is 0.881. The molecular formula is C16H14BrNO3. The standard InChI is InChI=1S/C16H14BrNO3/c1-9-3-6-12(14(17)7-9)15(19)18-11-5-4-10(2)13(8-11)16(20)21/h3-8H,1-2H3,(H,18,19)(H,20,21). The first-order valence-electron chi connectivity index (χ1n) is 6.30. The Hall–Kier alpha value is -2.14. The summed E-state index contributed by atoms with van der Waals surface area (Å²) in [6.07, 6.45) is 0. The van der Waals surface area contributed by atoms with E-state index in [1.165, 1.54) is 6.07 Å². The van der Waals surface area contributed by atoms with E-state index >= 15 is 0 Å². The van der Waals surface area contributed by atoms with E-state index in [9.17, 15) is 9.59 Å². The SMILES string of the molecule is Cc1ccc(C(=O)Nc2ccc(C)c(C(=O)O)c2)c(Br)c1. The Morgan fingerprint density at radius 3 is 2.38 bits per heavy atom. The molecule has 4 nitrogen and oxygen atoms in total. The minimum Gasteiger partial charge on any atom is -0.478 e. The molecule has 0 aliphatic rings. The highest BCUT2D eigenvalue weighted by molar-refractivity contribution is 9.10. The summed E-state index contributed by atoms with van der Waals surface area (Å²) >= 11 is 3.36. The molecule has 0 heterocycles. The van der Waals surface area contributed by atoms with Gasteiger partial charge in [-0.1, -0.05) is 12.1 Å². The third-order valence-electron chi connectivity index (χ3n) is 3.10. The molecule has 0 aromatic heterocycles. The first-order chi connectivity index (χ1) is 9.88. The molecule has 5 heteroatoms. The highest BCUT2D eigenvalue weighted by atomic mass is 79.9. The predicted octanol–water partition coefficient (Wildman–Crippen LogP) is 4.02. The third kappa shape index (κ3) is 3.49. The van der Waals surface area contributed by atoms with Crippen LogP contribution in [0.4, 0.5) is 5.69 Å². The summed E-state index contributed by atoms with van der Waals surface area (Å²) in [5, 5.41) is 11.8. The van der Waals surface area contributed by atoms with Crippen LogP contribution in [0.1, 0.15) is 31.8 Å². The number of rotatable bonds is 3. The lowest BCUT2D eigenvalue weighted by Crippen LogP contribution is -2.13. The van der Waals surface area contributed by atoms with E-state index in [0.29, 0.717) is 21.3 Å². The van der Waals surface area contributed by atoms with Crippen LogP contribution in [0.5, 0.6) is 0 Å². The van der Waals surface area contributed by atoms with Crippen molar-refractivity contribution < 1.29 is 14.7 Å². The Labute approximate surface area is 130 Å². The van der Waals surface area contributed by atoms with Crippen molar-refractivity contribution in [2.45, 2.75) is 13.8 Å². The van der Waals surface area contributed by atoms with E-state index in [0.717, 1.165) is 5.56 Å². The average molecular weight is 348 g/mol. The van der Waals surface area contributed by atoms with Gasteiger partial charge in [-0.25, -0.2) is 4.79 Å². The number of hydrogen-bond acceptors (Lipinski definition) is 2.